The first-order chi connectivity index (χ1) is 4.90. The Kier molecular flexibility index (Phi) is 1.69. The minimum absolute atomic E-state index is 0.885. The van der Waals surface area contributed by atoms with Gasteiger partial charge in [0.15, 0.2) is 0 Å². The first-order valence-corrected chi connectivity index (χ1v) is 4.60. The van der Waals surface area contributed by atoms with Crippen LogP contribution in [-0.4, -0.2) is 6.54 Å². The average Bonchev–Trinajstić information content (AvgIpc) is 2.42. The number of hydrogen-bond acceptors (Lipinski definition) is 1. The highest BCUT2D eigenvalue weighted by molar-refractivity contribution is 4.87. The summed E-state index contributed by atoms with van der Waals surface area (Å²) in [6.07, 6.45) is 7.39. The fourth-order valence-corrected chi connectivity index (χ4v) is 2.88. The molecule has 2 aliphatic carbocycles. The predicted molar refractivity (Wildman–Crippen MR) is 42.6 cm³/mol. The van der Waals surface area contributed by atoms with Crippen LogP contribution < -0.4 is 5.73 Å². The normalized spacial score (nSPS) is 45.9. The van der Waals surface area contributed by atoms with Crippen molar-refractivity contribution in [1.82, 2.24) is 0 Å². The van der Waals surface area contributed by atoms with Crippen LogP contribution in [0.2, 0.25) is 0 Å². The van der Waals surface area contributed by atoms with Gasteiger partial charge in [0.1, 0.15) is 0 Å². The van der Waals surface area contributed by atoms with E-state index >= 15 is 0 Å². The molecule has 0 unspecified atom stereocenters. The van der Waals surface area contributed by atoms with Crippen molar-refractivity contribution in [2.24, 2.45) is 23.5 Å². The molecule has 3 atom stereocenters. The smallest absolute Gasteiger partial charge is 0.00487 e. The minimum atomic E-state index is 0.885. The molecule has 2 fully saturated rings. The second-order valence-electron chi connectivity index (χ2n) is 4.02. The van der Waals surface area contributed by atoms with Gasteiger partial charge in [-0.1, -0.05) is 19.3 Å². The zero-order valence-corrected chi connectivity index (χ0v) is 6.55. The molecule has 0 aromatic heterocycles. The van der Waals surface area contributed by atoms with Crippen molar-refractivity contribution in [3.63, 3.8) is 0 Å². The van der Waals surface area contributed by atoms with Crippen molar-refractivity contribution < 1.29 is 0 Å². The van der Waals surface area contributed by atoms with Crippen LogP contribution >= 0.6 is 0 Å². The van der Waals surface area contributed by atoms with E-state index in [2.05, 4.69) is 0 Å². The summed E-state index contributed by atoms with van der Waals surface area (Å²) in [4.78, 5) is 0. The molecule has 0 aromatic carbocycles. The van der Waals surface area contributed by atoms with Crippen LogP contribution in [0.3, 0.4) is 0 Å². The molecule has 0 aromatic rings. The molecular weight excluding hydrogens is 122 g/mol. The highest BCUT2D eigenvalue weighted by Crippen LogP contribution is 2.46. The van der Waals surface area contributed by atoms with Gasteiger partial charge in [-0.15, -0.1) is 0 Å². The van der Waals surface area contributed by atoms with Gasteiger partial charge >= 0.3 is 0 Å². The van der Waals surface area contributed by atoms with Crippen LogP contribution in [-0.2, 0) is 0 Å². The van der Waals surface area contributed by atoms with Crippen molar-refractivity contribution in [3.05, 3.63) is 0 Å². The van der Waals surface area contributed by atoms with Crippen molar-refractivity contribution in [1.29, 1.82) is 0 Å². The van der Waals surface area contributed by atoms with Gasteiger partial charge < -0.3 is 5.73 Å². The second-order valence-corrected chi connectivity index (χ2v) is 4.02. The number of nitrogens with two attached hydrogens (primary N) is 1. The summed E-state index contributed by atoms with van der Waals surface area (Å²) in [5.74, 6) is 3.04. The van der Waals surface area contributed by atoms with Crippen LogP contribution in [0.5, 0.6) is 0 Å². The van der Waals surface area contributed by atoms with E-state index in [-0.39, 0.29) is 0 Å². The Hall–Kier alpha value is -0.0400. The topological polar surface area (TPSA) is 26.0 Å². The maximum atomic E-state index is 5.64. The van der Waals surface area contributed by atoms with Crippen molar-refractivity contribution in [2.45, 2.75) is 32.1 Å². The van der Waals surface area contributed by atoms with Crippen molar-refractivity contribution in [3.8, 4) is 0 Å². The Morgan fingerprint density at radius 3 is 2.20 bits per heavy atom. The summed E-state index contributed by atoms with van der Waals surface area (Å²) in [5.41, 5.74) is 5.64. The van der Waals surface area contributed by atoms with E-state index < -0.39 is 0 Å². The second kappa shape index (κ2) is 2.54. The lowest BCUT2D eigenvalue weighted by Crippen LogP contribution is -2.11. The third kappa shape index (κ3) is 0.968. The lowest BCUT2D eigenvalue weighted by Gasteiger charge is -2.05. The largest absolute Gasteiger partial charge is 0.330 e. The van der Waals surface area contributed by atoms with Gasteiger partial charge in [0.05, 0.1) is 0 Å². The zero-order chi connectivity index (χ0) is 6.97. The highest BCUT2D eigenvalue weighted by Gasteiger charge is 2.36. The molecule has 0 bridgehead atoms. The fraction of sp³-hybridized carbons (Fsp3) is 1.00. The number of hydrogen-bond donors (Lipinski definition) is 1. The molecule has 0 aliphatic heterocycles. The summed E-state index contributed by atoms with van der Waals surface area (Å²) < 4.78 is 0. The zero-order valence-electron chi connectivity index (χ0n) is 6.55. The molecule has 0 saturated heterocycles. The fourth-order valence-electron chi connectivity index (χ4n) is 2.88. The van der Waals surface area contributed by atoms with Crippen LogP contribution in [0, 0.1) is 17.8 Å². The molecule has 2 aliphatic rings. The molecular formula is C9H17N. The van der Waals surface area contributed by atoms with Crippen molar-refractivity contribution in [2.75, 3.05) is 6.54 Å². The summed E-state index contributed by atoms with van der Waals surface area (Å²) in [6, 6.07) is 0. The Balaban J connectivity index is 1.94. The Labute approximate surface area is 63.0 Å². The third-order valence-electron chi connectivity index (χ3n) is 3.42. The molecule has 0 heterocycles. The monoisotopic (exact) mass is 139 g/mol. The molecule has 0 spiro atoms. The van der Waals surface area contributed by atoms with Gasteiger partial charge in [0.25, 0.3) is 0 Å². The minimum Gasteiger partial charge on any atom is -0.330 e. The summed E-state index contributed by atoms with van der Waals surface area (Å²) in [7, 11) is 0. The van der Waals surface area contributed by atoms with Crippen LogP contribution in [0.1, 0.15) is 32.1 Å². The van der Waals surface area contributed by atoms with Gasteiger partial charge in [-0.3, -0.25) is 0 Å². The van der Waals surface area contributed by atoms with Crippen molar-refractivity contribution >= 4 is 0 Å². The molecule has 10 heavy (non-hydrogen) atoms. The maximum absolute atomic E-state index is 5.64. The Bertz CT molecular complexity index is 110. The van der Waals surface area contributed by atoms with Gasteiger partial charge in [-0.2, -0.15) is 0 Å². The summed E-state index contributed by atoms with van der Waals surface area (Å²) >= 11 is 0. The molecule has 58 valence electrons. The predicted octanol–water partition coefficient (Wildman–Crippen LogP) is 1.77. The lowest BCUT2D eigenvalue weighted by atomic mass is 10.0. The van der Waals surface area contributed by atoms with Gasteiger partial charge in [-0.25, -0.2) is 0 Å². The molecule has 0 radical (unpaired) electrons. The Morgan fingerprint density at radius 2 is 1.70 bits per heavy atom. The quantitative estimate of drug-likeness (QED) is 0.588. The SMILES string of the molecule is NC[C@H]1C[C@H]2CCC[C@H]2C1. The molecule has 2 saturated carbocycles. The van der Waals surface area contributed by atoms with Gasteiger partial charge in [0, 0.05) is 0 Å². The maximum Gasteiger partial charge on any atom is -0.00487 e. The van der Waals surface area contributed by atoms with E-state index in [1.807, 2.05) is 0 Å². The molecule has 2 N–H and O–H groups in total. The number of rotatable bonds is 1. The van der Waals surface area contributed by atoms with E-state index in [1.54, 1.807) is 0 Å². The van der Waals surface area contributed by atoms with Crippen LogP contribution in [0.15, 0.2) is 0 Å². The Morgan fingerprint density at radius 1 is 1.10 bits per heavy atom. The molecule has 0 amide bonds. The van der Waals surface area contributed by atoms with E-state index in [0.29, 0.717) is 0 Å². The lowest BCUT2D eigenvalue weighted by molar-refractivity contribution is 0.457. The van der Waals surface area contributed by atoms with E-state index in [4.69, 9.17) is 5.73 Å². The average molecular weight is 139 g/mol. The van der Waals surface area contributed by atoms with Crippen LogP contribution in [0.4, 0.5) is 0 Å². The van der Waals surface area contributed by atoms with Crippen LogP contribution in [0.25, 0.3) is 0 Å². The van der Waals surface area contributed by atoms with E-state index in [0.717, 1.165) is 24.3 Å². The molecule has 2 rings (SSSR count). The number of fused-ring (bicyclic) bond motifs is 1. The molecule has 1 heteroatoms. The van der Waals surface area contributed by atoms with Gasteiger partial charge in [0.2, 0.25) is 0 Å². The van der Waals surface area contributed by atoms with E-state index in [1.165, 1.54) is 32.1 Å². The summed E-state index contributed by atoms with van der Waals surface area (Å²) in [6.45, 7) is 0.938. The summed E-state index contributed by atoms with van der Waals surface area (Å²) in [5, 5.41) is 0. The van der Waals surface area contributed by atoms with Gasteiger partial charge in [-0.05, 0) is 37.1 Å². The molecule has 1 nitrogen and oxygen atoms in total. The third-order valence-corrected chi connectivity index (χ3v) is 3.42. The van der Waals surface area contributed by atoms with E-state index in [9.17, 15) is 0 Å². The first kappa shape index (κ1) is 6.66. The first-order valence-electron chi connectivity index (χ1n) is 4.60. The highest BCUT2D eigenvalue weighted by atomic mass is 14.6. The standard InChI is InChI=1S/C9H17N/c10-6-7-4-8-2-1-3-9(8)5-7/h7-9H,1-6,10H2/t7-,8+,9-.